The van der Waals surface area contributed by atoms with Crippen molar-refractivity contribution in [1.82, 2.24) is 9.80 Å². The van der Waals surface area contributed by atoms with Crippen molar-refractivity contribution in [3.8, 4) is 0 Å². The third-order valence-electron chi connectivity index (χ3n) is 4.81. The van der Waals surface area contributed by atoms with Crippen molar-refractivity contribution in [2.75, 3.05) is 39.3 Å². The Hall–Kier alpha value is -0.160. The molecule has 0 bridgehead atoms. The topological polar surface area (TPSA) is 52.7 Å². The molecular formula is C14H29N3O. The van der Waals surface area contributed by atoms with Crippen LogP contribution in [-0.2, 0) is 0 Å². The summed E-state index contributed by atoms with van der Waals surface area (Å²) in [6.45, 7) is 10.1. The molecule has 0 aromatic carbocycles. The van der Waals surface area contributed by atoms with E-state index in [-0.39, 0.29) is 0 Å². The van der Waals surface area contributed by atoms with Gasteiger partial charge in [-0.25, -0.2) is 0 Å². The van der Waals surface area contributed by atoms with Gasteiger partial charge in [-0.1, -0.05) is 6.92 Å². The number of piperazine rings is 1. The van der Waals surface area contributed by atoms with Crippen LogP contribution in [0.2, 0.25) is 0 Å². The predicted molar refractivity (Wildman–Crippen MR) is 74.5 cm³/mol. The highest BCUT2D eigenvalue weighted by Gasteiger charge is 2.44. The van der Waals surface area contributed by atoms with Gasteiger partial charge in [-0.2, -0.15) is 0 Å². The SMILES string of the molecule is CCC(C)N1CCN(CC(O)(CN)C2CC2)CC1. The third-order valence-corrected chi connectivity index (χ3v) is 4.81. The Morgan fingerprint density at radius 1 is 1.28 bits per heavy atom. The zero-order chi connectivity index (χ0) is 13.2. The lowest BCUT2D eigenvalue weighted by atomic mass is 9.97. The summed E-state index contributed by atoms with van der Waals surface area (Å²) in [6.07, 6.45) is 3.52. The quantitative estimate of drug-likeness (QED) is 0.726. The van der Waals surface area contributed by atoms with Crippen molar-refractivity contribution in [3.05, 3.63) is 0 Å². The molecule has 2 rings (SSSR count). The molecule has 106 valence electrons. The Bertz CT molecular complexity index is 262. The molecule has 1 aliphatic carbocycles. The lowest BCUT2D eigenvalue weighted by Gasteiger charge is -2.41. The molecule has 1 saturated heterocycles. The van der Waals surface area contributed by atoms with Crippen LogP contribution in [0.5, 0.6) is 0 Å². The van der Waals surface area contributed by atoms with Gasteiger partial charge in [0, 0.05) is 45.3 Å². The molecule has 2 unspecified atom stereocenters. The van der Waals surface area contributed by atoms with Crippen LogP contribution in [0.25, 0.3) is 0 Å². The van der Waals surface area contributed by atoms with E-state index in [1.807, 2.05) is 0 Å². The summed E-state index contributed by atoms with van der Waals surface area (Å²) in [7, 11) is 0. The van der Waals surface area contributed by atoms with E-state index in [2.05, 4.69) is 23.6 Å². The highest BCUT2D eigenvalue weighted by atomic mass is 16.3. The minimum absolute atomic E-state index is 0.406. The molecule has 3 N–H and O–H groups in total. The maximum absolute atomic E-state index is 10.6. The molecule has 2 aliphatic rings. The summed E-state index contributed by atoms with van der Waals surface area (Å²) >= 11 is 0. The first-order chi connectivity index (χ1) is 8.59. The summed E-state index contributed by atoms with van der Waals surface area (Å²) in [4.78, 5) is 4.94. The largest absolute Gasteiger partial charge is 0.387 e. The average molecular weight is 255 g/mol. The Morgan fingerprint density at radius 3 is 2.33 bits per heavy atom. The van der Waals surface area contributed by atoms with Crippen molar-refractivity contribution in [2.45, 2.75) is 44.8 Å². The molecule has 2 fully saturated rings. The van der Waals surface area contributed by atoms with E-state index in [1.54, 1.807) is 0 Å². The molecule has 0 spiro atoms. The summed E-state index contributed by atoms with van der Waals surface area (Å²) in [6, 6.07) is 0.684. The van der Waals surface area contributed by atoms with Crippen LogP contribution in [0.1, 0.15) is 33.1 Å². The number of nitrogens with two attached hydrogens (primary N) is 1. The zero-order valence-corrected chi connectivity index (χ0v) is 11.9. The van der Waals surface area contributed by atoms with Crippen LogP contribution >= 0.6 is 0 Å². The minimum Gasteiger partial charge on any atom is -0.387 e. The van der Waals surface area contributed by atoms with E-state index in [0.717, 1.165) is 45.6 Å². The Morgan fingerprint density at radius 2 is 1.89 bits per heavy atom. The number of hydrogen-bond acceptors (Lipinski definition) is 4. The summed E-state index contributed by atoms with van der Waals surface area (Å²) in [5.74, 6) is 0.454. The van der Waals surface area contributed by atoms with Crippen molar-refractivity contribution in [1.29, 1.82) is 0 Å². The van der Waals surface area contributed by atoms with E-state index in [9.17, 15) is 5.11 Å². The molecule has 4 heteroatoms. The van der Waals surface area contributed by atoms with E-state index in [1.165, 1.54) is 6.42 Å². The molecule has 0 amide bonds. The lowest BCUT2D eigenvalue weighted by Crippen LogP contribution is -2.56. The summed E-state index contributed by atoms with van der Waals surface area (Å²) in [5.41, 5.74) is 5.15. The second-order valence-electron chi connectivity index (χ2n) is 6.15. The van der Waals surface area contributed by atoms with Crippen LogP contribution in [0.15, 0.2) is 0 Å². The maximum Gasteiger partial charge on any atom is 0.0923 e. The smallest absolute Gasteiger partial charge is 0.0923 e. The number of nitrogens with zero attached hydrogens (tertiary/aromatic N) is 2. The van der Waals surface area contributed by atoms with Crippen LogP contribution in [0, 0.1) is 5.92 Å². The van der Waals surface area contributed by atoms with Gasteiger partial charge in [-0.15, -0.1) is 0 Å². The Kier molecular flexibility index (Phi) is 4.64. The molecule has 0 aromatic rings. The summed E-state index contributed by atoms with van der Waals surface area (Å²) < 4.78 is 0. The van der Waals surface area contributed by atoms with Gasteiger partial charge in [0.25, 0.3) is 0 Å². The fourth-order valence-corrected chi connectivity index (χ4v) is 2.99. The molecule has 18 heavy (non-hydrogen) atoms. The molecule has 0 radical (unpaired) electrons. The molecule has 1 heterocycles. The highest BCUT2D eigenvalue weighted by molar-refractivity contribution is 4.98. The molecule has 0 aromatic heterocycles. The zero-order valence-electron chi connectivity index (χ0n) is 11.9. The van der Waals surface area contributed by atoms with E-state index in [0.29, 0.717) is 18.5 Å². The molecule has 1 aliphatic heterocycles. The molecule has 1 saturated carbocycles. The minimum atomic E-state index is -0.626. The van der Waals surface area contributed by atoms with Gasteiger partial charge in [0.15, 0.2) is 0 Å². The van der Waals surface area contributed by atoms with Gasteiger partial charge >= 0.3 is 0 Å². The van der Waals surface area contributed by atoms with Crippen molar-refractivity contribution < 1.29 is 5.11 Å². The number of rotatable bonds is 6. The first-order valence-electron chi connectivity index (χ1n) is 7.48. The van der Waals surface area contributed by atoms with Gasteiger partial charge in [0.2, 0.25) is 0 Å². The lowest BCUT2D eigenvalue weighted by molar-refractivity contribution is -0.0229. The predicted octanol–water partition coefficient (Wildman–Crippen LogP) is 0.502. The van der Waals surface area contributed by atoms with Crippen LogP contribution in [0.3, 0.4) is 0 Å². The molecule has 4 nitrogen and oxygen atoms in total. The Balaban J connectivity index is 1.79. The van der Waals surface area contributed by atoms with Gasteiger partial charge in [0.05, 0.1) is 5.60 Å². The fourth-order valence-electron chi connectivity index (χ4n) is 2.99. The fraction of sp³-hybridized carbons (Fsp3) is 1.00. The second kappa shape index (κ2) is 5.87. The van der Waals surface area contributed by atoms with E-state index in [4.69, 9.17) is 5.73 Å². The average Bonchev–Trinajstić information content (AvgIpc) is 3.23. The Labute approximate surface area is 111 Å². The monoisotopic (exact) mass is 255 g/mol. The normalized spacial score (nSPS) is 28.0. The molecular weight excluding hydrogens is 226 g/mol. The van der Waals surface area contributed by atoms with Crippen LogP contribution in [-0.4, -0.2) is 65.8 Å². The van der Waals surface area contributed by atoms with Crippen LogP contribution in [0.4, 0.5) is 0 Å². The van der Waals surface area contributed by atoms with Gasteiger partial charge in [0.1, 0.15) is 0 Å². The van der Waals surface area contributed by atoms with Gasteiger partial charge in [-0.3, -0.25) is 9.80 Å². The first kappa shape index (κ1) is 14.3. The number of aliphatic hydroxyl groups is 1. The van der Waals surface area contributed by atoms with Crippen LogP contribution < -0.4 is 5.73 Å². The number of β-amino-alcohol motifs (C(OH)–C–C–N with tert-alkyl or cyclic N) is 1. The van der Waals surface area contributed by atoms with E-state index >= 15 is 0 Å². The van der Waals surface area contributed by atoms with E-state index < -0.39 is 5.60 Å². The second-order valence-corrected chi connectivity index (χ2v) is 6.15. The maximum atomic E-state index is 10.6. The molecule has 2 atom stereocenters. The van der Waals surface area contributed by atoms with Crippen molar-refractivity contribution >= 4 is 0 Å². The summed E-state index contributed by atoms with van der Waals surface area (Å²) in [5, 5.41) is 10.6. The third kappa shape index (κ3) is 3.23. The van der Waals surface area contributed by atoms with Crippen molar-refractivity contribution in [3.63, 3.8) is 0 Å². The number of hydrogen-bond donors (Lipinski definition) is 2. The standard InChI is InChI=1S/C14H29N3O/c1-3-12(2)17-8-6-16(7-9-17)11-14(18,10-15)13-4-5-13/h12-13,18H,3-11,15H2,1-2H3. The highest BCUT2D eigenvalue weighted by Crippen LogP contribution is 2.39. The van der Waals surface area contributed by atoms with Gasteiger partial charge in [-0.05, 0) is 32.1 Å². The van der Waals surface area contributed by atoms with Gasteiger partial charge < -0.3 is 10.8 Å². The van der Waals surface area contributed by atoms with Crippen molar-refractivity contribution in [2.24, 2.45) is 11.7 Å². The first-order valence-corrected chi connectivity index (χ1v) is 7.48.